The summed E-state index contributed by atoms with van der Waals surface area (Å²) >= 11 is 1.96. The molecule has 0 radical (unpaired) electrons. The molecule has 4 aliphatic heterocycles. The standard InChI is InChI=1S/C66H64BN3OS/c1-62(2,3)39-22-25-51-46(31-39)66(13,14)47-32-41(64(7,8)9)33-48-59(47)69(51)53-28-38(37-21-24-43-44-18-17-19-45(50-20-15-16-27-68-50)61(44)71-55(43)30-37)29-54-58(53)67(48)49-34-42(65(10,11)12)36-57-60(49)70(54)52-26-23-40(63(4,5)6)35-56(52)72-57/h15-36H,1-14H3. The number of nitrogens with zero attached hydrogens (tertiary/aromatic N) is 3. The van der Waals surface area contributed by atoms with E-state index in [2.05, 4.69) is 222 Å². The van der Waals surface area contributed by atoms with E-state index in [1.165, 1.54) is 93.7 Å². The van der Waals surface area contributed by atoms with Gasteiger partial charge in [-0.3, -0.25) is 4.98 Å². The van der Waals surface area contributed by atoms with Crippen molar-refractivity contribution in [2.45, 2.75) is 134 Å². The van der Waals surface area contributed by atoms with Gasteiger partial charge in [0.05, 0.1) is 22.8 Å². The number of rotatable bonds is 2. The summed E-state index contributed by atoms with van der Waals surface area (Å²) in [6.45, 7) is 33.2. The van der Waals surface area contributed by atoms with Gasteiger partial charge in [0.15, 0.2) is 0 Å². The number of aromatic nitrogens is 1. The van der Waals surface area contributed by atoms with Gasteiger partial charge in [-0.2, -0.15) is 0 Å². The smallest absolute Gasteiger partial charge is 0.252 e. The van der Waals surface area contributed by atoms with E-state index >= 15 is 0 Å². The van der Waals surface area contributed by atoms with Gasteiger partial charge < -0.3 is 14.2 Å². The summed E-state index contributed by atoms with van der Waals surface area (Å²) in [6, 6.07) is 49.2. The Bertz CT molecular complexity index is 3810. The molecule has 6 heterocycles. The molecule has 0 bridgehead atoms. The Morgan fingerprint density at radius 1 is 0.500 bits per heavy atom. The normalized spacial score (nSPS) is 15.3. The fraction of sp³-hybridized carbons (Fsp3) is 0.288. The zero-order valence-corrected chi connectivity index (χ0v) is 45.3. The molecular formula is C66H64BN3OS. The first-order chi connectivity index (χ1) is 34.0. The van der Waals surface area contributed by atoms with Crippen LogP contribution in [0, 0.1) is 0 Å². The van der Waals surface area contributed by atoms with Gasteiger partial charge in [-0.1, -0.05) is 169 Å². The Balaban J connectivity index is 1.15. The van der Waals surface area contributed by atoms with Crippen LogP contribution >= 0.6 is 11.8 Å². The van der Waals surface area contributed by atoms with Crippen LogP contribution in [-0.2, 0) is 27.1 Å². The van der Waals surface area contributed by atoms with Gasteiger partial charge in [0.1, 0.15) is 11.2 Å². The molecule has 0 amide bonds. The van der Waals surface area contributed by atoms with Gasteiger partial charge in [-0.05, 0) is 149 Å². The van der Waals surface area contributed by atoms with Gasteiger partial charge in [0.25, 0.3) is 6.71 Å². The highest BCUT2D eigenvalue weighted by molar-refractivity contribution is 7.99. The van der Waals surface area contributed by atoms with Crippen molar-refractivity contribution < 1.29 is 4.42 Å². The quantitative estimate of drug-likeness (QED) is 0.161. The molecule has 6 heteroatoms. The summed E-state index contributed by atoms with van der Waals surface area (Å²) in [7, 11) is 0. The van der Waals surface area contributed by atoms with Crippen LogP contribution in [0.5, 0.6) is 0 Å². The molecule has 0 atom stereocenters. The third-order valence-electron chi connectivity index (χ3n) is 16.5. The van der Waals surface area contributed by atoms with Crippen molar-refractivity contribution in [1.29, 1.82) is 0 Å². The van der Waals surface area contributed by atoms with Crippen molar-refractivity contribution in [2.75, 3.05) is 9.80 Å². The molecule has 0 fully saturated rings. The van der Waals surface area contributed by atoms with Crippen LogP contribution in [0.2, 0.25) is 0 Å². The highest BCUT2D eigenvalue weighted by Crippen LogP contribution is 2.59. The average molecular weight is 958 g/mol. The van der Waals surface area contributed by atoms with E-state index in [1.54, 1.807) is 0 Å². The zero-order chi connectivity index (χ0) is 50.3. The van der Waals surface area contributed by atoms with Gasteiger partial charge in [-0.25, -0.2) is 0 Å². The minimum Gasteiger partial charge on any atom is -0.455 e. The second-order valence-corrected chi connectivity index (χ2v) is 26.8. The number of pyridine rings is 1. The predicted molar refractivity (Wildman–Crippen MR) is 307 cm³/mol. The molecule has 4 aliphatic rings. The first kappa shape index (κ1) is 45.4. The maximum absolute atomic E-state index is 6.93. The summed E-state index contributed by atoms with van der Waals surface area (Å²) in [5.74, 6) is 0. The van der Waals surface area contributed by atoms with Gasteiger partial charge in [0, 0.05) is 54.8 Å². The van der Waals surface area contributed by atoms with Crippen LogP contribution in [0.3, 0.4) is 0 Å². The van der Waals surface area contributed by atoms with Crippen molar-refractivity contribution in [3.05, 3.63) is 167 Å². The molecule has 0 spiro atoms. The number of hydrogen-bond donors (Lipinski definition) is 0. The lowest BCUT2D eigenvalue weighted by molar-refractivity contribution is 0.574. The van der Waals surface area contributed by atoms with E-state index in [1.807, 2.05) is 30.1 Å². The van der Waals surface area contributed by atoms with Crippen LogP contribution in [0.25, 0.3) is 44.3 Å². The van der Waals surface area contributed by atoms with E-state index in [9.17, 15) is 0 Å². The van der Waals surface area contributed by atoms with Crippen LogP contribution in [0.4, 0.5) is 34.1 Å². The number of fused-ring (bicyclic) bond motifs is 11. The number of furan rings is 1. The van der Waals surface area contributed by atoms with Gasteiger partial charge in [0.2, 0.25) is 0 Å². The first-order valence-corrected chi connectivity index (χ1v) is 26.8. The maximum atomic E-state index is 6.93. The van der Waals surface area contributed by atoms with Crippen LogP contribution in [-0.4, -0.2) is 11.7 Å². The highest BCUT2D eigenvalue weighted by Gasteiger charge is 2.51. The van der Waals surface area contributed by atoms with Crippen molar-refractivity contribution in [1.82, 2.24) is 4.98 Å². The fourth-order valence-corrected chi connectivity index (χ4v) is 13.4. The zero-order valence-electron chi connectivity index (χ0n) is 44.4. The van der Waals surface area contributed by atoms with Crippen LogP contribution in [0.15, 0.2) is 148 Å². The number of benzene rings is 7. The van der Waals surface area contributed by atoms with Gasteiger partial charge in [-0.15, -0.1) is 0 Å². The predicted octanol–water partition coefficient (Wildman–Crippen LogP) is 16.7. The van der Waals surface area contributed by atoms with Crippen molar-refractivity contribution in [3.8, 4) is 22.4 Å². The molecular weight excluding hydrogens is 894 g/mol. The molecule has 9 aromatic rings. The molecule has 358 valence electrons. The SMILES string of the molecule is CC(C)(C)c1ccc2c(c1)Sc1cc(C(C)(C)C)cc3c1N2c1cc(-c2ccc4c(c2)oc2c(-c5ccccn5)cccc24)cc2c1B3c1cc(C(C)(C)C)cc3c1N2c1ccc(C(C)(C)C)cc1C3(C)C. The molecule has 72 heavy (non-hydrogen) atoms. The van der Waals surface area contributed by atoms with E-state index in [4.69, 9.17) is 9.40 Å². The van der Waals surface area contributed by atoms with Crippen molar-refractivity contribution in [3.63, 3.8) is 0 Å². The number of anilines is 6. The molecule has 7 aromatic carbocycles. The largest absolute Gasteiger partial charge is 0.455 e. The monoisotopic (exact) mass is 957 g/mol. The summed E-state index contributed by atoms with van der Waals surface area (Å²) in [4.78, 5) is 12.7. The summed E-state index contributed by atoms with van der Waals surface area (Å²) in [6.07, 6.45) is 1.85. The molecule has 0 N–H and O–H groups in total. The van der Waals surface area contributed by atoms with Crippen LogP contribution in [0.1, 0.15) is 130 Å². The summed E-state index contributed by atoms with van der Waals surface area (Å²) < 4.78 is 6.93. The van der Waals surface area contributed by atoms with Crippen LogP contribution < -0.4 is 26.2 Å². The Morgan fingerprint density at radius 3 is 1.78 bits per heavy atom. The van der Waals surface area contributed by atoms with E-state index in [0.717, 1.165) is 44.3 Å². The summed E-state index contributed by atoms with van der Waals surface area (Å²) in [5, 5.41) is 2.20. The molecule has 13 rings (SSSR count). The number of hydrogen-bond acceptors (Lipinski definition) is 5. The first-order valence-electron chi connectivity index (χ1n) is 26.0. The van der Waals surface area contributed by atoms with Crippen molar-refractivity contribution >= 4 is 90.9 Å². The average Bonchev–Trinajstić information content (AvgIpc) is 3.71. The minimum atomic E-state index is -0.274. The third kappa shape index (κ3) is 6.56. The lowest BCUT2D eigenvalue weighted by atomic mass is 9.32. The second-order valence-electron chi connectivity index (χ2n) is 25.8. The second kappa shape index (κ2) is 14.8. The lowest BCUT2D eigenvalue weighted by Gasteiger charge is -2.51. The van der Waals surface area contributed by atoms with Gasteiger partial charge >= 0.3 is 0 Å². The molecule has 0 unspecified atom stereocenters. The van der Waals surface area contributed by atoms with E-state index < -0.39 is 0 Å². The Labute approximate surface area is 431 Å². The molecule has 0 saturated heterocycles. The Morgan fingerprint density at radius 2 is 1.11 bits per heavy atom. The lowest BCUT2D eigenvalue weighted by Crippen LogP contribution is -2.63. The highest BCUT2D eigenvalue weighted by atomic mass is 32.2. The number of para-hydroxylation sites is 1. The fourth-order valence-electron chi connectivity index (χ4n) is 12.2. The Hall–Kier alpha value is -6.50. The van der Waals surface area contributed by atoms with E-state index in [0.29, 0.717) is 0 Å². The third-order valence-corrected chi connectivity index (χ3v) is 17.5. The van der Waals surface area contributed by atoms with Crippen molar-refractivity contribution in [2.24, 2.45) is 0 Å². The molecule has 2 aromatic heterocycles. The van der Waals surface area contributed by atoms with E-state index in [-0.39, 0.29) is 33.8 Å². The minimum absolute atomic E-state index is 0.00248. The molecule has 0 aliphatic carbocycles. The Kier molecular flexibility index (Phi) is 9.34. The molecule has 4 nitrogen and oxygen atoms in total. The summed E-state index contributed by atoms with van der Waals surface area (Å²) in [5.41, 5.74) is 25.5. The topological polar surface area (TPSA) is 32.5 Å². The maximum Gasteiger partial charge on any atom is 0.252 e. The molecule has 0 saturated carbocycles.